The molecular formula is C11H12Cl2O3. The van der Waals surface area contributed by atoms with Gasteiger partial charge in [-0.25, -0.2) is 0 Å². The Balaban J connectivity index is 2.26. The van der Waals surface area contributed by atoms with E-state index in [1.165, 1.54) is 0 Å². The van der Waals surface area contributed by atoms with Crippen LogP contribution < -0.4 is 4.74 Å². The fourth-order valence-corrected chi connectivity index (χ4v) is 2.02. The van der Waals surface area contributed by atoms with Crippen molar-refractivity contribution in [3.05, 3.63) is 28.8 Å². The maximum atomic E-state index is 6.11. The van der Waals surface area contributed by atoms with Gasteiger partial charge in [-0.1, -0.05) is 17.7 Å². The number of alkyl halides is 1. The summed E-state index contributed by atoms with van der Waals surface area (Å²) in [6.45, 7) is 0.475. The Labute approximate surface area is 104 Å². The number of hydrogen-bond acceptors (Lipinski definition) is 3. The van der Waals surface area contributed by atoms with E-state index in [9.17, 15) is 0 Å². The van der Waals surface area contributed by atoms with Gasteiger partial charge in [0, 0.05) is 0 Å². The number of ether oxygens (including phenoxy) is 3. The minimum atomic E-state index is -0.493. The highest BCUT2D eigenvalue weighted by molar-refractivity contribution is 6.31. The average molecular weight is 263 g/mol. The smallest absolute Gasteiger partial charge is 0.189 e. The van der Waals surface area contributed by atoms with Crippen LogP contribution in [0.2, 0.25) is 5.02 Å². The molecule has 2 atom stereocenters. The van der Waals surface area contributed by atoms with Gasteiger partial charge in [0.15, 0.2) is 6.29 Å². The van der Waals surface area contributed by atoms with Crippen LogP contribution in [0.3, 0.4) is 0 Å². The van der Waals surface area contributed by atoms with Crippen molar-refractivity contribution in [2.75, 3.05) is 19.6 Å². The Hall–Kier alpha value is -0.480. The molecule has 1 aromatic rings. The van der Waals surface area contributed by atoms with Crippen molar-refractivity contribution in [1.82, 2.24) is 0 Å². The lowest BCUT2D eigenvalue weighted by molar-refractivity contribution is -0.0578. The van der Waals surface area contributed by atoms with E-state index < -0.39 is 6.29 Å². The van der Waals surface area contributed by atoms with Gasteiger partial charge in [0.05, 0.1) is 36.3 Å². The molecule has 16 heavy (non-hydrogen) atoms. The lowest BCUT2D eigenvalue weighted by Crippen LogP contribution is -2.11. The van der Waals surface area contributed by atoms with Gasteiger partial charge in [0.25, 0.3) is 0 Å². The zero-order valence-corrected chi connectivity index (χ0v) is 10.3. The largest absolute Gasteiger partial charge is 0.496 e. The van der Waals surface area contributed by atoms with Crippen LogP contribution in [0, 0.1) is 0 Å². The van der Waals surface area contributed by atoms with E-state index in [2.05, 4.69) is 0 Å². The van der Waals surface area contributed by atoms with E-state index in [1.54, 1.807) is 13.2 Å². The van der Waals surface area contributed by atoms with Crippen molar-refractivity contribution >= 4 is 23.2 Å². The first-order valence-corrected chi connectivity index (χ1v) is 5.83. The standard InChI is InChI=1S/C11H12Cl2O3/c1-14-9-4-2-3-8(13)10(9)11-15-6-7(5-12)16-11/h2-4,7,11H,5-6H2,1H3. The van der Waals surface area contributed by atoms with Crippen LogP contribution in [0.15, 0.2) is 18.2 Å². The van der Waals surface area contributed by atoms with Crippen LogP contribution in [0.5, 0.6) is 5.75 Å². The van der Waals surface area contributed by atoms with Gasteiger partial charge in [0.1, 0.15) is 5.75 Å². The third-order valence-corrected chi connectivity index (χ3v) is 3.06. The van der Waals surface area contributed by atoms with Crippen LogP contribution in [0.4, 0.5) is 0 Å². The number of methoxy groups -OCH3 is 1. The van der Waals surface area contributed by atoms with Gasteiger partial charge < -0.3 is 14.2 Å². The van der Waals surface area contributed by atoms with E-state index >= 15 is 0 Å². The Kier molecular flexibility index (Phi) is 3.92. The van der Waals surface area contributed by atoms with E-state index in [4.69, 9.17) is 37.4 Å². The van der Waals surface area contributed by atoms with Gasteiger partial charge in [-0.05, 0) is 12.1 Å². The minimum absolute atomic E-state index is 0.0901. The van der Waals surface area contributed by atoms with Crippen molar-refractivity contribution in [3.8, 4) is 5.75 Å². The molecule has 0 aliphatic carbocycles. The topological polar surface area (TPSA) is 27.7 Å². The predicted molar refractivity (Wildman–Crippen MR) is 62.3 cm³/mol. The van der Waals surface area contributed by atoms with Crippen molar-refractivity contribution in [1.29, 1.82) is 0 Å². The molecule has 1 heterocycles. The molecule has 2 unspecified atom stereocenters. The third kappa shape index (κ3) is 2.28. The summed E-state index contributed by atoms with van der Waals surface area (Å²) in [4.78, 5) is 0. The normalized spacial score (nSPS) is 24.7. The van der Waals surface area contributed by atoms with E-state index in [0.717, 1.165) is 5.56 Å². The molecule has 1 aliphatic rings. The first-order valence-electron chi connectivity index (χ1n) is 4.91. The van der Waals surface area contributed by atoms with Crippen molar-refractivity contribution in [3.63, 3.8) is 0 Å². The van der Waals surface area contributed by atoms with Gasteiger partial charge in [-0.3, -0.25) is 0 Å². The highest BCUT2D eigenvalue weighted by Crippen LogP contribution is 2.38. The lowest BCUT2D eigenvalue weighted by Gasteiger charge is -2.15. The van der Waals surface area contributed by atoms with E-state index in [0.29, 0.717) is 23.3 Å². The molecule has 0 amide bonds. The molecule has 0 aromatic heterocycles. The predicted octanol–water partition coefficient (Wildman–Crippen LogP) is 3.00. The zero-order chi connectivity index (χ0) is 11.5. The maximum Gasteiger partial charge on any atom is 0.189 e. The van der Waals surface area contributed by atoms with E-state index in [-0.39, 0.29) is 6.10 Å². The molecule has 0 bridgehead atoms. The highest BCUT2D eigenvalue weighted by Gasteiger charge is 2.30. The van der Waals surface area contributed by atoms with Crippen LogP contribution in [-0.2, 0) is 9.47 Å². The van der Waals surface area contributed by atoms with E-state index in [1.807, 2.05) is 12.1 Å². The fourth-order valence-electron chi connectivity index (χ4n) is 1.60. The Morgan fingerprint density at radius 2 is 2.31 bits per heavy atom. The summed E-state index contributed by atoms with van der Waals surface area (Å²) < 4.78 is 16.3. The van der Waals surface area contributed by atoms with Gasteiger partial charge in [-0.2, -0.15) is 0 Å². The quantitative estimate of drug-likeness (QED) is 0.784. The minimum Gasteiger partial charge on any atom is -0.496 e. The van der Waals surface area contributed by atoms with Crippen LogP contribution >= 0.6 is 23.2 Å². The Bertz CT molecular complexity index is 370. The molecule has 0 saturated carbocycles. The molecule has 1 fully saturated rings. The molecule has 0 radical (unpaired) electrons. The molecule has 1 aromatic carbocycles. The van der Waals surface area contributed by atoms with Crippen LogP contribution in [0.25, 0.3) is 0 Å². The van der Waals surface area contributed by atoms with Gasteiger partial charge in [0.2, 0.25) is 0 Å². The fraction of sp³-hybridized carbons (Fsp3) is 0.455. The van der Waals surface area contributed by atoms with Crippen molar-refractivity contribution in [2.45, 2.75) is 12.4 Å². The Morgan fingerprint density at radius 3 is 2.94 bits per heavy atom. The maximum absolute atomic E-state index is 6.11. The summed E-state index contributed by atoms with van der Waals surface area (Å²) in [5, 5.41) is 0.569. The molecule has 2 rings (SSSR count). The van der Waals surface area contributed by atoms with Crippen LogP contribution in [-0.4, -0.2) is 25.7 Å². The first kappa shape index (κ1) is 12.0. The summed E-state index contributed by atoms with van der Waals surface area (Å²) in [6, 6.07) is 5.42. The monoisotopic (exact) mass is 262 g/mol. The van der Waals surface area contributed by atoms with Crippen molar-refractivity contribution < 1.29 is 14.2 Å². The molecule has 0 N–H and O–H groups in total. The summed E-state index contributed by atoms with van der Waals surface area (Å²) in [7, 11) is 1.59. The first-order chi connectivity index (χ1) is 7.76. The Morgan fingerprint density at radius 1 is 1.50 bits per heavy atom. The summed E-state index contributed by atoms with van der Waals surface area (Å²) in [6.07, 6.45) is -0.583. The number of benzene rings is 1. The summed E-state index contributed by atoms with van der Waals surface area (Å²) >= 11 is 11.8. The number of halogens is 2. The number of rotatable bonds is 3. The second-order valence-corrected chi connectivity index (χ2v) is 4.15. The molecule has 5 heteroatoms. The molecule has 1 aliphatic heterocycles. The average Bonchev–Trinajstić information content (AvgIpc) is 2.76. The molecule has 3 nitrogen and oxygen atoms in total. The molecule has 88 valence electrons. The highest BCUT2D eigenvalue weighted by atomic mass is 35.5. The molecule has 1 saturated heterocycles. The summed E-state index contributed by atoms with van der Waals surface area (Å²) in [5.41, 5.74) is 0.722. The second kappa shape index (κ2) is 5.23. The number of hydrogen-bond donors (Lipinski definition) is 0. The van der Waals surface area contributed by atoms with Gasteiger partial charge in [-0.15, -0.1) is 11.6 Å². The molecular weight excluding hydrogens is 251 g/mol. The zero-order valence-electron chi connectivity index (χ0n) is 8.78. The third-order valence-electron chi connectivity index (χ3n) is 2.39. The molecule has 0 spiro atoms. The van der Waals surface area contributed by atoms with Crippen LogP contribution in [0.1, 0.15) is 11.9 Å². The van der Waals surface area contributed by atoms with Gasteiger partial charge >= 0.3 is 0 Å². The lowest BCUT2D eigenvalue weighted by atomic mass is 10.2. The second-order valence-electron chi connectivity index (χ2n) is 3.43. The summed E-state index contributed by atoms with van der Waals surface area (Å²) in [5.74, 6) is 1.07. The van der Waals surface area contributed by atoms with Crippen molar-refractivity contribution in [2.24, 2.45) is 0 Å². The SMILES string of the molecule is COc1cccc(Cl)c1C1OCC(CCl)O1.